The number of likely N-dealkylation sites (tertiary alicyclic amines) is 1. The number of rotatable bonds is 7. The lowest BCUT2D eigenvalue weighted by Crippen LogP contribution is -2.36. The first-order chi connectivity index (χ1) is 12.9. The Kier molecular flexibility index (Phi) is 6.55. The van der Waals surface area contributed by atoms with E-state index >= 15 is 0 Å². The first kappa shape index (κ1) is 20.3. The maximum atomic E-state index is 12.6. The molecule has 2 heterocycles. The summed E-state index contributed by atoms with van der Waals surface area (Å²) in [6.07, 6.45) is 4.51. The standard InChI is InChI=1S/C20H31N3O3S/c1-3-20(24)23-13-9-17-14-18(7-8-19(17)23)27(25,26)21-10-5-12-22-11-4-6-16(2)15-22/h7-8,14,16,21H,3-6,9-13,15H2,1-2H3/t16-/m1/s1. The van der Waals surface area contributed by atoms with Gasteiger partial charge in [0.05, 0.1) is 4.90 Å². The largest absolute Gasteiger partial charge is 0.312 e. The summed E-state index contributed by atoms with van der Waals surface area (Å²) in [6, 6.07) is 5.08. The third kappa shape index (κ3) is 4.89. The Labute approximate surface area is 163 Å². The highest BCUT2D eigenvalue weighted by molar-refractivity contribution is 7.89. The molecule has 1 fully saturated rings. The molecule has 0 spiro atoms. The maximum absolute atomic E-state index is 12.6. The van der Waals surface area contributed by atoms with Gasteiger partial charge in [0.25, 0.3) is 0 Å². The van der Waals surface area contributed by atoms with Crippen molar-refractivity contribution in [2.24, 2.45) is 5.92 Å². The topological polar surface area (TPSA) is 69.7 Å². The van der Waals surface area contributed by atoms with E-state index < -0.39 is 10.0 Å². The van der Waals surface area contributed by atoms with Crippen LogP contribution in [-0.4, -0.2) is 51.9 Å². The number of anilines is 1. The summed E-state index contributed by atoms with van der Waals surface area (Å²) in [5.41, 5.74) is 1.78. The molecule has 1 aromatic carbocycles. The van der Waals surface area contributed by atoms with Crippen LogP contribution < -0.4 is 9.62 Å². The molecule has 1 atom stereocenters. The minimum atomic E-state index is -3.51. The van der Waals surface area contributed by atoms with Crippen LogP contribution in [0.4, 0.5) is 5.69 Å². The molecule has 3 rings (SSSR count). The van der Waals surface area contributed by atoms with Gasteiger partial charge in [-0.15, -0.1) is 0 Å². The molecule has 1 amide bonds. The van der Waals surface area contributed by atoms with Crippen LogP contribution in [0, 0.1) is 5.92 Å². The van der Waals surface area contributed by atoms with Gasteiger partial charge in [0, 0.05) is 31.7 Å². The van der Waals surface area contributed by atoms with Crippen LogP contribution in [0.25, 0.3) is 0 Å². The number of nitrogens with one attached hydrogen (secondary N) is 1. The Morgan fingerprint density at radius 3 is 2.85 bits per heavy atom. The van der Waals surface area contributed by atoms with E-state index in [0.29, 0.717) is 30.8 Å². The fraction of sp³-hybridized carbons (Fsp3) is 0.650. The average Bonchev–Trinajstić information content (AvgIpc) is 3.08. The number of fused-ring (bicyclic) bond motifs is 1. The van der Waals surface area contributed by atoms with Crippen LogP contribution in [0.2, 0.25) is 0 Å². The first-order valence-corrected chi connectivity index (χ1v) is 11.5. The second-order valence-corrected chi connectivity index (χ2v) is 9.51. The molecule has 0 aromatic heterocycles. The van der Waals surface area contributed by atoms with Crippen molar-refractivity contribution in [2.75, 3.05) is 37.6 Å². The van der Waals surface area contributed by atoms with Crippen LogP contribution in [0.5, 0.6) is 0 Å². The van der Waals surface area contributed by atoms with Gasteiger partial charge < -0.3 is 9.80 Å². The second kappa shape index (κ2) is 8.71. The van der Waals surface area contributed by atoms with Crippen molar-refractivity contribution < 1.29 is 13.2 Å². The molecule has 1 aromatic rings. The van der Waals surface area contributed by atoms with Crippen molar-refractivity contribution in [1.82, 2.24) is 9.62 Å². The smallest absolute Gasteiger partial charge is 0.240 e. The van der Waals surface area contributed by atoms with Crippen molar-refractivity contribution in [3.63, 3.8) is 0 Å². The average molecular weight is 394 g/mol. The Hall–Kier alpha value is -1.44. The van der Waals surface area contributed by atoms with Gasteiger partial charge in [-0.25, -0.2) is 13.1 Å². The molecular weight excluding hydrogens is 362 g/mol. The van der Waals surface area contributed by atoms with E-state index in [9.17, 15) is 13.2 Å². The molecule has 1 N–H and O–H groups in total. The number of carbonyl (C=O) groups excluding carboxylic acids is 1. The number of sulfonamides is 1. The Bertz CT molecular complexity index is 779. The van der Waals surface area contributed by atoms with Crippen LogP contribution in [0.15, 0.2) is 23.1 Å². The second-order valence-electron chi connectivity index (χ2n) is 7.74. The van der Waals surface area contributed by atoms with Gasteiger partial charge in [0.15, 0.2) is 0 Å². The van der Waals surface area contributed by atoms with Crippen molar-refractivity contribution in [1.29, 1.82) is 0 Å². The van der Waals surface area contributed by atoms with Crippen LogP contribution in [0.1, 0.15) is 45.1 Å². The lowest BCUT2D eigenvalue weighted by Gasteiger charge is -2.30. The zero-order chi connectivity index (χ0) is 19.4. The van der Waals surface area contributed by atoms with Crippen LogP contribution in [-0.2, 0) is 21.2 Å². The Balaban J connectivity index is 1.55. The molecule has 2 aliphatic heterocycles. The summed E-state index contributed by atoms with van der Waals surface area (Å²) >= 11 is 0. The highest BCUT2D eigenvalue weighted by Crippen LogP contribution is 2.30. The summed E-state index contributed by atoms with van der Waals surface area (Å²) in [5.74, 6) is 0.815. The van der Waals surface area contributed by atoms with Gasteiger partial charge >= 0.3 is 0 Å². The van der Waals surface area contributed by atoms with E-state index in [1.165, 1.54) is 12.8 Å². The normalized spacial score (nSPS) is 20.7. The Morgan fingerprint density at radius 2 is 2.11 bits per heavy atom. The summed E-state index contributed by atoms with van der Waals surface area (Å²) in [5, 5.41) is 0. The van der Waals surface area contributed by atoms with Crippen molar-refractivity contribution in [2.45, 2.75) is 50.8 Å². The summed E-state index contributed by atoms with van der Waals surface area (Å²) in [6.45, 7) is 8.37. The fourth-order valence-corrected chi connectivity index (χ4v) is 5.20. The summed E-state index contributed by atoms with van der Waals surface area (Å²) in [7, 11) is -3.51. The number of hydrogen-bond acceptors (Lipinski definition) is 4. The van der Waals surface area contributed by atoms with Gasteiger partial charge in [0.2, 0.25) is 15.9 Å². The lowest BCUT2D eigenvalue weighted by atomic mass is 10.0. The predicted octanol–water partition coefficient (Wildman–Crippen LogP) is 2.39. The maximum Gasteiger partial charge on any atom is 0.240 e. The van der Waals surface area contributed by atoms with Gasteiger partial charge in [-0.3, -0.25) is 4.79 Å². The molecule has 0 aliphatic carbocycles. The molecule has 27 heavy (non-hydrogen) atoms. The molecule has 0 bridgehead atoms. The summed E-state index contributed by atoms with van der Waals surface area (Å²) < 4.78 is 27.9. The number of benzene rings is 1. The molecular formula is C20H31N3O3S. The van der Waals surface area contributed by atoms with Crippen molar-refractivity contribution >= 4 is 21.6 Å². The van der Waals surface area contributed by atoms with Gasteiger partial charge in [-0.2, -0.15) is 0 Å². The molecule has 6 nitrogen and oxygen atoms in total. The van der Waals surface area contributed by atoms with E-state index in [1.54, 1.807) is 23.1 Å². The lowest BCUT2D eigenvalue weighted by molar-refractivity contribution is -0.118. The third-order valence-electron chi connectivity index (χ3n) is 5.54. The van der Waals surface area contributed by atoms with E-state index in [0.717, 1.165) is 43.2 Å². The predicted molar refractivity (Wildman–Crippen MR) is 107 cm³/mol. The molecule has 0 unspecified atom stereocenters. The zero-order valence-electron chi connectivity index (χ0n) is 16.4. The third-order valence-corrected chi connectivity index (χ3v) is 7.00. The van der Waals surface area contributed by atoms with Crippen LogP contribution in [0.3, 0.4) is 0 Å². The number of amides is 1. The summed E-state index contributed by atoms with van der Waals surface area (Å²) in [4.78, 5) is 16.4. The van der Waals surface area contributed by atoms with Gasteiger partial charge in [-0.1, -0.05) is 13.8 Å². The number of carbonyl (C=O) groups is 1. The molecule has 0 saturated carbocycles. The number of hydrogen-bond donors (Lipinski definition) is 1. The number of piperidine rings is 1. The first-order valence-electron chi connectivity index (χ1n) is 10.1. The molecule has 0 radical (unpaired) electrons. The fourth-order valence-electron chi connectivity index (χ4n) is 4.08. The van der Waals surface area contributed by atoms with E-state index in [-0.39, 0.29) is 5.91 Å². The van der Waals surface area contributed by atoms with E-state index in [1.807, 2.05) is 6.92 Å². The Morgan fingerprint density at radius 1 is 1.30 bits per heavy atom. The monoisotopic (exact) mass is 393 g/mol. The van der Waals surface area contributed by atoms with Crippen molar-refractivity contribution in [3.8, 4) is 0 Å². The van der Waals surface area contributed by atoms with Gasteiger partial charge in [-0.05, 0) is 68.5 Å². The molecule has 150 valence electrons. The SMILES string of the molecule is CCC(=O)N1CCc2cc(S(=O)(=O)NCCCN3CCC[C@@H](C)C3)ccc21. The quantitative estimate of drug-likeness (QED) is 0.722. The number of nitrogens with zero attached hydrogens (tertiary/aromatic N) is 2. The van der Waals surface area contributed by atoms with Crippen LogP contribution >= 0.6 is 0 Å². The van der Waals surface area contributed by atoms with Crippen molar-refractivity contribution in [3.05, 3.63) is 23.8 Å². The zero-order valence-corrected chi connectivity index (χ0v) is 17.2. The van der Waals surface area contributed by atoms with E-state index in [2.05, 4.69) is 16.5 Å². The highest BCUT2D eigenvalue weighted by Gasteiger charge is 2.25. The highest BCUT2D eigenvalue weighted by atomic mass is 32.2. The molecule has 2 aliphatic rings. The van der Waals surface area contributed by atoms with Gasteiger partial charge in [0.1, 0.15) is 0 Å². The minimum Gasteiger partial charge on any atom is -0.312 e. The minimum absolute atomic E-state index is 0.0783. The van der Waals surface area contributed by atoms with E-state index in [4.69, 9.17) is 0 Å². The molecule has 7 heteroatoms. The molecule has 1 saturated heterocycles.